The minimum absolute atomic E-state index is 0. The lowest BCUT2D eigenvalue weighted by atomic mass is 9.98. The lowest BCUT2D eigenvalue weighted by Crippen LogP contribution is -2.54. The lowest BCUT2D eigenvalue weighted by molar-refractivity contribution is -0.135. The minimum atomic E-state index is -0.346. The Morgan fingerprint density at radius 1 is 1.17 bits per heavy atom. The fourth-order valence-electron chi connectivity index (χ4n) is 2.83. The van der Waals surface area contributed by atoms with Gasteiger partial charge in [-0.1, -0.05) is 50.6 Å². The molecule has 2 rings (SSSR count). The standard InChI is InChI=1S/C18H29N3O.ClH/c1-3-15(2)17(19)18(22)21-13-11-20(12-14-21)10-9-16-7-5-4-6-8-16;/h4-8,15,17H,3,9-14,19H2,1-2H3;1H. The number of nitrogens with zero attached hydrogens (tertiary/aromatic N) is 2. The van der Waals surface area contributed by atoms with Gasteiger partial charge in [-0.25, -0.2) is 0 Å². The van der Waals surface area contributed by atoms with Gasteiger partial charge in [0.05, 0.1) is 6.04 Å². The minimum Gasteiger partial charge on any atom is -0.339 e. The van der Waals surface area contributed by atoms with Crippen molar-refractivity contribution >= 4 is 18.3 Å². The van der Waals surface area contributed by atoms with Crippen LogP contribution in [-0.2, 0) is 11.2 Å². The Labute approximate surface area is 146 Å². The van der Waals surface area contributed by atoms with Crippen LogP contribution in [0.1, 0.15) is 25.8 Å². The van der Waals surface area contributed by atoms with Gasteiger partial charge in [0.2, 0.25) is 5.91 Å². The third-order valence-corrected chi connectivity index (χ3v) is 4.79. The van der Waals surface area contributed by atoms with Crippen LogP contribution in [0.2, 0.25) is 0 Å². The highest BCUT2D eigenvalue weighted by Crippen LogP contribution is 2.11. The van der Waals surface area contributed by atoms with E-state index in [0.717, 1.165) is 45.6 Å². The Morgan fingerprint density at radius 3 is 2.35 bits per heavy atom. The summed E-state index contributed by atoms with van der Waals surface area (Å²) >= 11 is 0. The number of carbonyl (C=O) groups excluding carboxylic acids is 1. The van der Waals surface area contributed by atoms with Crippen molar-refractivity contribution in [2.75, 3.05) is 32.7 Å². The molecule has 1 saturated heterocycles. The van der Waals surface area contributed by atoms with E-state index in [0.29, 0.717) is 0 Å². The molecule has 1 fully saturated rings. The Morgan fingerprint density at radius 2 is 1.78 bits per heavy atom. The molecular formula is C18H30ClN3O. The molecule has 1 aliphatic rings. The molecule has 0 aliphatic carbocycles. The van der Waals surface area contributed by atoms with Crippen LogP contribution in [0.25, 0.3) is 0 Å². The number of amides is 1. The summed E-state index contributed by atoms with van der Waals surface area (Å²) in [6.07, 6.45) is 2.02. The molecule has 23 heavy (non-hydrogen) atoms. The van der Waals surface area contributed by atoms with Crippen LogP contribution in [-0.4, -0.2) is 54.5 Å². The summed E-state index contributed by atoms with van der Waals surface area (Å²) in [7, 11) is 0. The molecule has 0 spiro atoms. The maximum atomic E-state index is 12.4. The molecule has 2 N–H and O–H groups in total. The topological polar surface area (TPSA) is 49.6 Å². The fourth-order valence-corrected chi connectivity index (χ4v) is 2.83. The van der Waals surface area contributed by atoms with Crippen molar-refractivity contribution in [1.29, 1.82) is 0 Å². The number of rotatable bonds is 6. The van der Waals surface area contributed by atoms with Crippen molar-refractivity contribution in [3.8, 4) is 0 Å². The Bertz CT molecular complexity index is 461. The van der Waals surface area contributed by atoms with Crippen LogP contribution >= 0.6 is 12.4 Å². The number of carbonyl (C=O) groups is 1. The van der Waals surface area contributed by atoms with Gasteiger partial charge < -0.3 is 10.6 Å². The number of hydrogen-bond acceptors (Lipinski definition) is 3. The van der Waals surface area contributed by atoms with E-state index in [-0.39, 0.29) is 30.3 Å². The monoisotopic (exact) mass is 339 g/mol. The molecule has 1 aromatic carbocycles. The second-order valence-electron chi connectivity index (χ2n) is 6.31. The zero-order valence-corrected chi connectivity index (χ0v) is 15.1. The maximum Gasteiger partial charge on any atom is 0.239 e. The highest BCUT2D eigenvalue weighted by atomic mass is 35.5. The van der Waals surface area contributed by atoms with Gasteiger partial charge in [0.25, 0.3) is 0 Å². The first-order chi connectivity index (χ1) is 10.6. The van der Waals surface area contributed by atoms with Crippen LogP contribution in [0, 0.1) is 5.92 Å². The van der Waals surface area contributed by atoms with Gasteiger partial charge in [0, 0.05) is 32.7 Å². The van der Waals surface area contributed by atoms with Crippen molar-refractivity contribution in [2.45, 2.75) is 32.7 Å². The number of piperazine rings is 1. The Kier molecular flexibility index (Phi) is 8.59. The predicted octanol–water partition coefficient (Wildman–Crippen LogP) is 2.17. The average molecular weight is 340 g/mol. The van der Waals surface area contributed by atoms with Gasteiger partial charge >= 0.3 is 0 Å². The molecule has 2 atom stereocenters. The summed E-state index contributed by atoms with van der Waals surface area (Å²) in [5.41, 5.74) is 7.44. The molecule has 0 bridgehead atoms. The van der Waals surface area contributed by atoms with E-state index in [1.54, 1.807) is 0 Å². The Balaban J connectivity index is 0.00000264. The van der Waals surface area contributed by atoms with Gasteiger partial charge in [-0.05, 0) is 17.9 Å². The van der Waals surface area contributed by atoms with E-state index in [2.05, 4.69) is 49.1 Å². The van der Waals surface area contributed by atoms with E-state index < -0.39 is 0 Å². The van der Waals surface area contributed by atoms with Crippen LogP contribution in [0.3, 0.4) is 0 Å². The van der Waals surface area contributed by atoms with Crippen molar-refractivity contribution in [3.63, 3.8) is 0 Å². The molecule has 0 saturated carbocycles. The first kappa shape index (κ1) is 19.9. The summed E-state index contributed by atoms with van der Waals surface area (Å²) in [6.45, 7) is 8.70. The molecule has 1 heterocycles. The SMILES string of the molecule is CCC(C)C(N)C(=O)N1CCN(CCc2ccccc2)CC1.Cl. The fraction of sp³-hybridized carbons (Fsp3) is 0.611. The lowest BCUT2D eigenvalue weighted by Gasteiger charge is -2.36. The van der Waals surface area contributed by atoms with Crippen molar-refractivity contribution < 1.29 is 4.79 Å². The summed E-state index contributed by atoms with van der Waals surface area (Å²) in [5.74, 6) is 0.376. The summed E-state index contributed by atoms with van der Waals surface area (Å²) in [5, 5.41) is 0. The van der Waals surface area contributed by atoms with Crippen molar-refractivity contribution in [3.05, 3.63) is 35.9 Å². The normalized spacial score (nSPS) is 18.1. The largest absolute Gasteiger partial charge is 0.339 e. The molecule has 130 valence electrons. The summed E-state index contributed by atoms with van der Waals surface area (Å²) in [4.78, 5) is 16.7. The van der Waals surface area contributed by atoms with Crippen LogP contribution in [0.5, 0.6) is 0 Å². The van der Waals surface area contributed by atoms with E-state index in [1.807, 2.05) is 4.90 Å². The Hall–Kier alpha value is -1.10. The number of hydrogen-bond donors (Lipinski definition) is 1. The molecule has 4 nitrogen and oxygen atoms in total. The van der Waals surface area contributed by atoms with E-state index in [1.165, 1.54) is 5.56 Å². The number of benzene rings is 1. The number of nitrogens with two attached hydrogens (primary N) is 1. The average Bonchev–Trinajstić information content (AvgIpc) is 2.59. The molecule has 1 amide bonds. The third-order valence-electron chi connectivity index (χ3n) is 4.79. The smallest absolute Gasteiger partial charge is 0.239 e. The van der Waals surface area contributed by atoms with Gasteiger partial charge in [0.15, 0.2) is 0 Å². The van der Waals surface area contributed by atoms with E-state index in [9.17, 15) is 4.79 Å². The van der Waals surface area contributed by atoms with Crippen LogP contribution in [0.15, 0.2) is 30.3 Å². The molecule has 0 radical (unpaired) electrons. The van der Waals surface area contributed by atoms with Gasteiger partial charge in [-0.15, -0.1) is 12.4 Å². The van der Waals surface area contributed by atoms with E-state index >= 15 is 0 Å². The molecule has 1 aromatic rings. The molecule has 0 aromatic heterocycles. The zero-order valence-electron chi connectivity index (χ0n) is 14.3. The van der Waals surface area contributed by atoms with Gasteiger partial charge in [-0.2, -0.15) is 0 Å². The highest BCUT2D eigenvalue weighted by Gasteiger charge is 2.27. The zero-order chi connectivity index (χ0) is 15.9. The van der Waals surface area contributed by atoms with E-state index in [4.69, 9.17) is 5.73 Å². The van der Waals surface area contributed by atoms with Crippen LogP contribution < -0.4 is 5.73 Å². The van der Waals surface area contributed by atoms with Gasteiger partial charge in [0.1, 0.15) is 0 Å². The quantitative estimate of drug-likeness (QED) is 0.864. The first-order valence-corrected chi connectivity index (χ1v) is 8.42. The van der Waals surface area contributed by atoms with Gasteiger partial charge in [-0.3, -0.25) is 9.69 Å². The van der Waals surface area contributed by atoms with Crippen molar-refractivity contribution in [2.24, 2.45) is 11.7 Å². The number of halogens is 1. The third kappa shape index (κ3) is 5.79. The predicted molar refractivity (Wildman–Crippen MR) is 97.8 cm³/mol. The second kappa shape index (κ2) is 9.91. The molecule has 1 aliphatic heterocycles. The molecule has 2 unspecified atom stereocenters. The molecule has 5 heteroatoms. The first-order valence-electron chi connectivity index (χ1n) is 8.42. The molecular weight excluding hydrogens is 310 g/mol. The summed E-state index contributed by atoms with van der Waals surface area (Å²) < 4.78 is 0. The summed E-state index contributed by atoms with van der Waals surface area (Å²) in [6, 6.07) is 10.2. The van der Waals surface area contributed by atoms with Crippen molar-refractivity contribution in [1.82, 2.24) is 9.80 Å². The maximum absolute atomic E-state index is 12.4. The van der Waals surface area contributed by atoms with Crippen LogP contribution in [0.4, 0.5) is 0 Å². The highest BCUT2D eigenvalue weighted by molar-refractivity contribution is 5.85. The second-order valence-corrected chi connectivity index (χ2v) is 6.31.